The first-order valence-corrected chi connectivity index (χ1v) is 10.0. The van der Waals surface area contributed by atoms with Crippen LogP contribution in [-0.2, 0) is 10.2 Å². The zero-order chi connectivity index (χ0) is 20.5. The highest BCUT2D eigenvalue weighted by Gasteiger charge is 2.38. The van der Waals surface area contributed by atoms with E-state index >= 15 is 0 Å². The summed E-state index contributed by atoms with van der Waals surface area (Å²) in [7, 11) is 0. The van der Waals surface area contributed by atoms with Crippen LogP contribution in [0.25, 0.3) is 6.08 Å². The molecule has 1 amide bonds. The molecule has 4 nitrogen and oxygen atoms in total. The molecule has 2 aromatic carbocycles. The van der Waals surface area contributed by atoms with Gasteiger partial charge in [-0.3, -0.25) is 4.79 Å². The van der Waals surface area contributed by atoms with E-state index in [1.165, 1.54) is 28.7 Å². The molecule has 0 radical (unpaired) electrons. The van der Waals surface area contributed by atoms with Gasteiger partial charge in [0.25, 0.3) is 0 Å². The molecule has 0 atom stereocenters. The number of thioether (sulfide) groups is 1. The van der Waals surface area contributed by atoms with E-state index in [2.05, 4.69) is 45.1 Å². The van der Waals surface area contributed by atoms with Crippen molar-refractivity contribution in [2.75, 3.05) is 5.32 Å². The Labute approximate surface area is 170 Å². The quantitative estimate of drug-likeness (QED) is 0.663. The van der Waals surface area contributed by atoms with Crippen LogP contribution >= 0.6 is 11.8 Å². The van der Waals surface area contributed by atoms with E-state index in [1.54, 1.807) is 18.2 Å². The normalized spacial score (nSPS) is 17.1. The number of carboxylic acid groups (broad SMARTS) is 1. The van der Waals surface area contributed by atoms with E-state index in [9.17, 15) is 9.59 Å². The minimum absolute atomic E-state index is 0.0482. The van der Waals surface area contributed by atoms with Crippen molar-refractivity contribution < 1.29 is 14.7 Å². The molecular weight excluding hydrogens is 370 g/mol. The molecule has 146 valence electrons. The molecule has 0 aliphatic carbocycles. The topological polar surface area (TPSA) is 66.4 Å². The first-order chi connectivity index (χ1) is 13.1. The van der Waals surface area contributed by atoms with Crippen LogP contribution < -0.4 is 5.32 Å². The van der Waals surface area contributed by atoms with Gasteiger partial charge in [-0.2, -0.15) is 0 Å². The van der Waals surface area contributed by atoms with Crippen LogP contribution in [0.15, 0.2) is 53.4 Å². The molecule has 2 aromatic rings. The molecule has 1 heterocycles. The van der Waals surface area contributed by atoms with E-state index in [1.807, 2.05) is 17.8 Å². The van der Waals surface area contributed by atoms with Crippen molar-refractivity contribution in [3.63, 3.8) is 0 Å². The highest BCUT2D eigenvalue weighted by Crippen LogP contribution is 2.51. The third-order valence-corrected chi connectivity index (χ3v) is 6.09. The molecule has 5 heteroatoms. The number of hydrogen-bond donors (Lipinski definition) is 2. The number of carbonyl (C=O) groups is 2. The summed E-state index contributed by atoms with van der Waals surface area (Å²) < 4.78 is 0.195. The number of anilines is 1. The standard InChI is InChI=1S/C23H25NO3S/c1-22(2)14-23(3,4)28-19-11-10-17(13-18(19)22)24-20(25)12-7-15-5-8-16(9-6-15)21(26)27/h5-13H,14H2,1-4H3,(H,24,25)(H,26,27)/b12-7+. The maximum atomic E-state index is 12.3. The van der Waals surface area contributed by atoms with Crippen molar-refractivity contribution in [3.05, 3.63) is 65.2 Å². The Balaban J connectivity index is 1.72. The van der Waals surface area contributed by atoms with Gasteiger partial charge in [0.05, 0.1) is 5.56 Å². The van der Waals surface area contributed by atoms with Crippen LogP contribution in [0.4, 0.5) is 5.69 Å². The largest absolute Gasteiger partial charge is 0.478 e. The van der Waals surface area contributed by atoms with Gasteiger partial charge < -0.3 is 10.4 Å². The van der Waals surface area contributed by atoms with Crippen LogP contribution in [0.2, 0.25) is 0 Å². The molecule has 0 bridgehead atoms. The summed E-state index contributed by atoms with van der Waals surface area (Å²) in [6.07, 6.45) is 4.20. The predicted molar refractivity (Wildman–Crippen MR) is 115 cm³/mol. The molecule has 3 rings (SSSR count). The lowest BCUT2D eigenvalue weighted by molar-refractivity contribution is -0.111. The Morgan fingerprint density at radius 1 is 1.07 bits per heavy atom. The minimum Gasteiger partial charge on any atom is -0.478 e. The van der Waals surface area contributed by atoms with Gasteiger partial charge in [-0.25, -0.2) is 4.79 Å². The third kappa shape index (κ3) is 4.65. The van der Waals surface area contributed by atoms with Crippen molar-refractivity contribution in [2.45, 2.75) is 49.2 Å². The monoisotopic (exact) mass is 395 g/mol. The maximum Gasteiger partial charge on any atom is 0.335 e. The Bertz CT molecular complexity index is 943. The van der Waals surface area contributed by atoms with Gasteiger partial charge in [-0.1, -0.05) is 39.8 Å². The van der Waals surface area contributed by atoms with E-state index in [-0.39, 0.29) is 21.6 Å². The summed E-state index contributed by atoms with van der Waals surface area (Å²) in [5.74, 6) is -1.19. The van der Waals surface area contributed by atoms with Gasteiger partial charge in [-0.15, -0.1) is 11.8 Å². The number of nitrogens with one attached hydrogen (secondary N) is 1. The molecule has 0 unspecified atom stereocenters. The van der Waals surface area contributed by atoms with Gasteiger partial charge in [-0.05, 0) is 59.4 Å². The Kier molecular flexibility index (Phi) is 5.39. The lowest BCUT2D eigenvalue weighted by Gasteiger charge is -2.41. The SMILES string of the molecule is CC1(C)CC(C)(C)c2cc(NC(=O)/C=C/c3ccc(C(=O)O)cc3)ccc2S1. The molecule has 1 aliphatic heterocycles. The van der Waals surface area contributed by atoms with Crippen LogP contribution in [0, 0.1) is 0 Å². The smallest absolute Gasteiger partial charge is 0.335 e. The van der Waals surface area contributed by atoms with Gasteiger partial charge in [0.2, 0.25) is 5.91 Å². The van der Waals surface area contributed by atoms with Gasteiger partial charge in [0, 0.05) is 21.4 Å². The number of fused-ring (bicyclic) bond motifs is 1. The van der Waals surface area contributed by atoms with E-state index in [0.717, 1.165) is 17.7 Å². The first kappa shape index (κ1) is 20.2. The predicted octanol–water partition coefficient (Wildman–Crippen LogP) is 5.59. The number of hydrogen-bond acceptors (Lipinski definition) is 3. The zero-order valence-electron chi connectivity index (χ0n) is 16.6. The van der Waals surface area contributed by atoms with Crippen LogP contribution in [0.3, 0.4) is 0 Å². The van der Waals surface area contributed by atoms with Crippen molar-refractivity contribution in [1.29, 1.82) is 0 Å². The summed E-state index contributed by atoms with van der Waals surface area (Å²) in [5, 5.41) is 11.8. The molecule has 0 saturated carbocycles. The molecule has 2 N–H and O–H groups in total. The van der Waals surface area contributed by atoms with E-state index in [4.69, 9.17) is 5.11 Å². The number of benzene rings is 2. The average Bonchev–Trinajstić information content (AvgIpc) is 2.59. The number of carbonyl (C=O) groups excluding carboxylic acids is 1. The number of rotatable bonds is 4. The fraction of sp³-hybridized carbons (Fsp3) is 0.304. The molecule has 0 spiro atoms. The number of carboxylic acids is 1. The number of amides is 1. The molecular formula is C23H25NO3S. The average molecular weight is 396 g/mol. The Hall–Kier alpha value is -2.53. The fourth-order valence-corrected chi connectivity index (χ4v) is 5.42. The summed E-state index contributed by atoms with van der Waals surface area (Å²) in [4.78, 5) is 24.4. The minimum atomic E-state index is -0.967. The van der Waals surface area contributed by atoms with E-state index in [0.29, 0.717) is 0 Å². The molecule has 28 heavy (non-hydrogen) atoms. The zero-order valence-corrected chi connectivity index (χ0v) is 17.4. The van der Waals surface area contributed by atoms with Crippen molar-refractivity contribution in [2.24, 2.45) is 0 Å². The molecule has 0 aromatic heterocycles. The second-order valence-electron chi connectivity index (χ2n) is 8.38. The Morgan fingerprint density at radius 3 is 2.39 bits per heavy atom. The second kappa shape index (κ2) is 7.47. The lowest BCUT2D eigenvalue weighted by atomic mass is 9.77. The summed E-state index contributed by atoms with van der Waals surface area (Å²) in [6, 6.07) is 12.5. The highest BCUT2D eigenvalue weighted by molar-refractivity contribution is 8.00. The number of aromatic carboxylic acids is 1. The van der Waals surface area contributed by atoms with Crippen LogP contribution in [0.5, 0.6) is 0 Å². The van der Waals surface area contributed by atoms with Gasteiger partial charge in [0.15, 0.2) is 0 Å². The highest BCUT2D eigenvalue weighted by atomic mass is 32.2. The second-order valence-corrected chi connectivity index (χ2v) is 10.1. The van der Waals surface area contributed by atoms with Crippen molar-refractivity contribution in [1.82, 2.24) is 0 Å². The molecule has 0 fully saturated rings. The van der Waals surface area contributed by atoms with Crippen LogP contribution in [0.1, 0.15) is 55.6 Å². The summed E-state index contributed by atoms with van der Waals surface area (Å²) >= 11 is 1.89. The van der Waals surface area contributed by atoms with Gasteiger partial charge >= 0.3 is 5.97 Å². The van der Waals surface area contributed by atoms with E-state index < -0.39 is 5.97 Å². The Morgan fingerprint density at radius 2 is 1.75 bits per heavy atom. The van der Waals surface area contributed by atoms with Crippen molar-refractivity contribution in [3.8, 4) is 0 Å². The fourth-order valence-electron chi connectivity index (χ4n) is 3.81. The van der Waals surface area contributed by atoms with Gasteiger partial charge in [0.1, 0.15) is 0 Å². The third-order valence-electron chi connectivity index (χ3n) is 4.81. The summed E-state index contributed by atoms with van der Waals surface area (Å²) in [6.45, 7) is 9.04. The van der Waals surface area contributed by atoms with Crippen molar-refractivity contribution >= 4 is 35.4 Å². The molecule has 1 aliphatic rings. The maximum absolute atomic E-state index is 12.3. The summed E-state index contributed by atoms with van der Waals surface area (Å²) in [5.41, 5.74) is 3.09. The first-order valence-electron chi connectivity index (χ1n) is 9.22. The lowest BCUT2D eigenvalue weighted by Crippen LogP contribution is -2.33. The molecule has 0 saturated heterocycles. The van der Waals surface area contributed by atoms with Crippen LogP contribution in [-0.4, -0.2) is 21.7 Å².